The van der Waals surface area contributed by atoms with Gasteiger partial charge in [0.05, 0.1) is 0 Å². The monoisotopic (exact) mass is 916 g/mol. The summed E-state index contributed by atoms with van der Waals surface area (Å²) in [6.07, 6.45) is 0. The lowest BCUT2D eigenvalue weighted by Gasteiger charge is -2.36. The van der Waals surface area contributed by atoms with Crippen LogP contribution in [0.5, 0.6) is 0 Å². The van der Waals surface area contributed by atoms with Crippen molar-refractivity contribution in [3.05, 3.63) is 247 Å². The highest BCUT2D eigenvalue weighted by Crippen LogP contribution is 2.48. The quantitative estimate of drug-likeness (QED) is 0.115. The first-order chi connectivity index (χ1) is 33.7. The molecule has 11 aromatic rings. The summed E-state index contributed by atoms with van der Waals surface area (Å²) in [4.78, 5) is 5.40. The predicted molar refractivity (Wildman–Crippen MR) is 298 cm³/mol. The van der Waals surface area contributed by atoms with Gasteiger partial charge < -0.3 is 0 Å². The summed E-state index contributed by atoms with van der Waals surface area (Å²) < 4.78 is 0. The Morgan fingerprint density at radius 1 is 0.319 bits per heavy atom. The zero-order valence-corrected chi connectivity index (χ0v) is 40.9. The number of hydrogen-bond donors (Lipinski definition) is 0. The maximum atomic E-state index is 2.53. The van der Waals surface area contributed by atoms with Crippen molar-refractivity contribution in [2.24, 2.45) is 0 Å². The Morgan fingerprint density at radius 2 is 0.739 bits per heavy atom. The van der Waals surface area contributed by atoms with Gasteiger partial charge in [-0.2, -0.15) is 0 Å². The molecule has 2 heterocycles. The standard InChI is InChI=1S/C66H49BS2/c1-65(2,46-20-7-5-8-21-46)48-34-36-56-58(40-48)68-60-38-45(39-61-64(60)67(56)57-37-35-49(41-59(57)69-61)66(3,4)47-22-9-6-10-23-47)63-54-27-15-13-25-52(54)62(53-26-14-16-28-55(53)63)44-32-30-43(31-33-44)51-29-17-19-42-18-11-12-24-50(42)51/h5-41H,1-4H3. The molecule has 0 unspecified atom stereocenters. The largest absolute Gasteiger partial charge is 0.247 e. The summed E-state index contributed by atoms with van der Waals surface area (Å²) in [6.45, 7) is 9.59. The Morgan fingerprint density at radius 3 is 1.25 bits per heavy atom. The van der Waals surface area contributed by atoms with Crippen LogP contribution in [-0.4, -0.2) is 6.71 Å². The van der Waals surface area contributed by atoms with E-state index in [1.54, 1.807) is 0 Å². The van der Waals surface area contributed by atoms with Crippen molar-refractivity contribution < 1.29 is 0 Å². The van der Waals surface area contributed by atoms with E-state index in [-0.39, 0.29) is 17.5 Å². The maximum absolute atomic E-state index is 2.53. The van der Waals surface area contributed by atoms with Crippen LogP contribution >= 0.6 is 23.5 Å². The summed E-state index contributed by atoms with van der Waals surface area (Å²) in [5, 5.41) is 7.62. The minimum atomic E-state index is -0.155. The fourth-order valence-corrected chi connectivity index (χ4v) is 14.1. The molecule has 13 rings (SSSR count). The highest BCUT2D eigenvalue weighted by molar-refractivity contribution is 8.01. The number of fused-ring (bicyclic) bond motifs is 7. The average molecular weight is 917 g/mol. The van der Waals surface area contributed by atoms with Gasteiger partial charge in [-0.05, 0) is 118 Å². The van der Waals surface area contributed by atoms with Gasteiger partial charge in [0.15, 0.2) is 0 Å². The molecule has 328 valence electrons. The van der Waals surface area contributed by atoms with Gasteiger partial charge in [0, 0.05) is 30.4 Å². The van der Waals surface area contributed by atoms with E-state index in [0.717, 1.165) is 0 Å². The van der Waals surface area contributed by atoms with Gasteiger partial charge in [-0.25, -0.2) is 0 Å². The molecule has 11 aromatic carbocycles. The minimum absolute atomic E-state index is 0.132. The third-order valence-electron chi connectivity index (χ3n) is 15.4. The van der Waals surface area contributed by atoms with Gasteiger partial charge in [0.2, 0.25) is 6.71 Å². The van der Waals surface area contributed by atoms with Gasteiger partial charge in [0.1, 0.15) is 0 Å². The van der Waals surface area contributed by atoms with Gasteiger partial charge in [-0.1, -0.05) is 262 Å². The fourth-order valence-electron chi connectivity index (χ4n) is 11.5. The predicted octanol–water partition coefficient (Wildman–Crippen LogP) is 16.2. The summed E-state index contributed by atoms with van der Waals surface area (Å²) in [6, 6.07) is 84.5. The van der Waals surface area contributed by atoms with E-state index >= 15 is 0 Å². The zero-order chi connectivity index (χ0) is 46.4. The molecule has 2 aliphatic heterocycles. The molecule has 0 nitrogen and oxygen atoms in total. The van der Waals surface area contributed by atoms with E-state index in [4.69, 9.17) is 0 Å². The molecular formula is C66H49BS2. The molecule has 0 aliphatic carbocycles. The molecule has 0 saturated carbocycles. The molecule has 0 N–H and O–H groups in total. The first kappa shape index (κ1) is 42.1. The van der Waals surface area contributed by atoms with Crippen LogP contribution in [0.1, 0.15) is 49.9 Å². The molecule has 69 heavy (non-hydrogen) atoms. The van der Waals surface area contributed by atoms with E-state index in [1.165, 1.54) is 124 Å². The molecule has 0 amide bonds. The zero-order valence-electron chi connectivity index (χ0n) is 39.3. The molecule has 0 fully saturated rings. The van der Waals surface area contributed by atoms with Gasteiger partial charge in [-0.15, -0.1) is 0 Å². The van der Waals surface area contributed by atoms with Crippen molar-refractivity contribution in [1.82, 2.24) is 0 Å². The van der Waals surface area contributed by atoms with Crippen LogP contribution in [-0.2, 0) is 10.8 Å². The molecule has 2 aliphatic rings. The van der Waals surface area contributed by atoms with E-state index < -0.39 is 0 Å². The molecular weight excluding hydrogens is 868 g/mol. The first-order valence-corrected chi connectivity index (χ1v) is 25.8. The van der Waals surface area contributed by atoms with Crippen LogP contribution in [0.2, 0.25) is 0 Å². The van der Waals surface area contributed by atoms with Crippen molar-refractivity contribution in [3.63, 3.8) is 0 Å². The maximum Gasteiger partial charge on any atom is 0.247 e. The van der Waals surface area contributed by atoms with E-state index in [1.807, 2.05) is 23.5 Å². The van der Waals surface area contributed by atoms with Gasteiger partial charge >= 0.3 is 0 Å². The Hall–Kier alpha value is -7.04. The summed E-state index contributed by atoms with van der Waals surface area (Å²) in [5.74, 6) is 0. The molecule has 0 spiro atoms. The highest BCUT2D eigenvalue weighted by Gasteiger charge is 2.40. The number of benzene rings is 11. The third kappa shape index (κ3) is 6.85. The normalized spacial score (nSPS) is 13.1. The Kier molecular flexibility index (Phi) is 9.95. The Bertz CT molecular complexity index is 3640. The van der Waals surface area contributed by atoms with Crippen molar-refractivity contribution in [2.75, 3.05) is 0 Å². The lowest BCUT2D eigenvalue weighted by molar-refractivity contribution is 0.639. The smallest absolute Gasteiger partial charge is 0.0911 e. The third-order valence-corrected chi connectivity index (χ3v) is 17.7. The van der Waals surface area contributed by atoms with Gasteiger partial charge in [0.25, 0.3) is 0 Å². The second kappa shape index (κ2) is 16.3. The topological polar surface area (TPSA) is 0 Å². The second-order valence-corrected chi connectivity index (χ2v) is 22.1. The molecule has 0 atom stereocenters. The molecule has 0 saturated heterocycles. The fraction of sp³-hybridized carbons (Fsp3) is 0.0909. The average Bonchev–Trinajstić information content (AvgIpc) is 3.40. The van der Waals surface area contributed by atoms with Crippen LogP contribution in [0.25, 0.3) is 65.7 Å². The van der Waals surface area contributed by atoms with E-state index in [2.05, 4.69) is 252 Å². The van der Waals surface area contributed by atoms with Crippen LogP contribution < -0.4 is 16.4 Å². The lowest BCUT2D eigenvalue weighted by atomic mass is 9.36. The van der Waals surface area contributed by atoms with Gasteiger partial charge in [-0.3, -0.25) is 0 Å². The lowest BCUT2D eigenvalue weighted by Crippen LogP contribution is -2.58. The molecule has 3 heteroatoms. The highest BCUT2D eigenvalue weighted by atomic mass is 32.2. The molecule has 0 bridgehead atoms. The second-order valence-electron chi connectivity index (χ2n) is 20.0. The number of hydrogen-bond acceptors (Lipinski definition) is 2. The van der Waals surface area contributed by atoms with E-state index in [0.29, 0.717) is 0 Å². The summed E-state index contributed by atoms with van der Waals surface area (Å²) in [5.41, 5.74) is 16.8. The van der Waals surface area contributed by atoms with Crippen LogP contribution in [0.4, 0.5) is 0 Å². The van der Waals surface area contributed by atoms with E-state index in [9.17, 15) is 0 Å². The van der Waals surface area contributed by atoms with Crippen LogP contribution in [0.3, 0.4) is 0 Å². The van der Waals surface area contributed by atoms with Crippen molar-refractivity contribution in [1.29, 1.82) is 0 Å². The Labute approximate surface area is 414 Å². The molecule has 0 aromatic heterocycles. The van der Waals surface area contributed by atoms with Crippen molar-refractivity contribution in [3.8, 4) is 33.4 Å². The first-order valence-electron chi connectivity index (χ1n) is 24.2. The number of rotatable bonds is 7. The molecule has 0 radical (unpaired) electrons. The summed E-state index contributed by atoms with van der Waals surface area (Å²) in [7, 11) is 0. The van der Waals surface area contributed by atoms with Crippen LogP contribution in [0.15, 0.2) is 244 Å². The summed E-state index contributed by atoms with van der Waals surface area (Å²) >= 11 is 3.92. The van der Waals surface area contributed by atoms with Crippen molar-refractivity contribution in [2.45, 2.75) is 58.1 Å². The minimum Gasteiger partial charge on any atom is -0.0911 e. The van der Waals surface area contributed by atoms with Crippen LogP contribution in [0, 0.1) is 0 Å². The Balaban J connectivity index is 0.995. The SMILES string of the molecule is CC(C)(c1ccccc1)c1ccc2c(c1)Sc1cc(-c3c4ccccc4c(-c4ccc(-c5cccc6ccccc56)cc4)c4ccccc34)cc3c1B2c1ccc(C(C)(C)c2ccccc2)cc1S3. The van der Waals surface area contributed by atoms with Crippen molar-refractivity contribution >= 4 is 78.9 Å².